The number of hydrogen-bond donors (Lipinski definition) is 0. The first-order valence-corrected chi connectivity index (χ1v) is 24.6. The Morgan fingerprint density at radius 1 is 0.537 bits per heavy atom. The fraction of sp³-hybridized carbons (Fsp3) is 0.0370. The lowest BCUT2D eigenvalue weighted by Crippen LogP contribution is -2.38. The van der Waals surface area contributed by atoms with Crippen molar-refractivity contribution >= 4 is 64.4 Å². The summed E-state index contributed by atoms with van der Waals surface area (Å²) in [6.45, 7) is 0.306. The van der Waals surface area contributed by atoms with Gasteiger partial charge in [-0.05, 0) is 94.4 Å². The summed E-state index contributed by atoms with van der Waals surface area (Å²) in [5.74, 6) is 0. The van der Waals surface area contributed by atoms with Gasteiger partial charge in [-0.2, -0.15) is 9.05 Å². The first-order valence-electron chi connectivity index (χ1n) is 21.4. The minimum absolute atomic E-state index is 0.306. The molecule has 0 aliphatic carbocycles. The third-order valence-electron chi connectivity index (χ3n) is 11.8. The van der Waals surface area contributed by atoms with Crippen molar-refractivity contribution in [3.05, 3.63) is 275 Å². The van der Waals surface area contributed by atoms with Gasteiger partial charge in [0.15, 0.2) is 0 Å². The van der Waals surface area contributed by atoms with Crippen LogP contribution in [0.15, 0.2) is 221 Å². The zero-order valence-electron chi connectivity index (χ0n) is 35.8. The zero-order valence-corrected chi connectivity index (χ0v) is 38.3. The second-order valence-electron chi connectivity index (χ2n) is 15.6. The molecule has 1 unspecified atom stereocenters. The largest absolute Gasteiger partial charge is 0.497 e. The molecule has 8 heterocycles. The summed E-state index contributed by atoms with van der Waals surface area (Å²) in [6, 6.07) is 59.9. The molecule has 0 spiro atoms. The van der Waals surface area contributed by atoms with E-state index in [9.17, 15) is 0 Å². The third kappa shape index (κ3) is 7.51. The maximum Gasteiger partial charge on any atom is 0.497 e. The van der Waals surface area contributed by atoms with Crippen LogP contribution in [0.3, 0.4) is 0 Å². The molecular weight excluding hydrogens is 894 g/mol. The van der Waals surface area contributed by atoms with E-state index < -0.39 is 13.1 Å². The predicted molar refractivity (Wildman–Crippen MR) is 272 cm³/mol. The minimum atomic E-state index is -3.59. The Bertz CT molecular complexity index is 3350. The van der Waals surface area contributed by atoms with E-state index in [-0.39, 0.29) is 0 Å². The van der Waals surface area contributed by atoms with Gasteiger partial charge >= 0.3 is 8.02 Å². The van der Waals surface area contributed by atoms with E-state index in [1.54, 1.807) is 22.7 Å². The van der Waals surface area contributed by atoms with Gasteiger partial charge in [0, 0.05) is 36.9 Å². The molecule has 8 aromatic rings. The van der Waals surface area contributed by atoms with Gasteiger partial charge in [0.1, 0.15) is 6.61 Å². The van der Waals surface area contributed by atoms with Gasteiger partial charge in [-0.3, -0.25) is 0 Å². The molecular formula is C54H38N5O5PS2. The third-order valence-corrected chi connectivity index (χ3v) is 16.8. The van der Waals surface area contributed by atoms with Crippen LogP contribution in [0, 0.1) is 15.3 Å². The summed E-state index contributed by atoms with van der Waals surface area (Å²) in [4.78, 5) is 22.9. The molecule has 0 radical (unpaired) electrons. The van der Waals surface area contributed by atoms with Crippen molar-refractivity contribution in [1.29, 1.82) is 0 Å². The zero-order chi connectivity index (χ0) is 45.5. The maximum absolute atomic E-state index is 8.25. The van der Waals surface area contributed by atoms with Gasteiger partial charge in [0.2, 0.25) is 0 Å². The Morgan fingerprint density at radius 2 is 1.00 bits per heavy atom. The van der Waals surface area contributed by atoms with Gasteiger partial charge in [-0.1, -0.05) is 127 Å². The van der Waals surface area contributed by atoms with Gasteiger partial charge in [0.05, 0.1) is 57.1 Å². The highest BCUT2D eigenvalue weighted by Crippen LogP contribution is 2.65. The van der Waals surface area contributed by atoms with Crippen molar-refractivity contribution in [2.24, 2.45) is 9.98 Å². The fourth-order valence-corrected chi connectivity index (χ4v) is 13.9. The number of fused-ring (bicyclic) bond motifs is 2. The summed E-state index contributed by atoms with van der Waals surface area (Å²) in [5, 5.41) is 18.7. The number of allylic oxidation sites excluding steroid dienone is 4. The highest BCUT2D eigenvalue weighted by molar-refractivity contribution is 7.63. The summed E-state index contributed by atoms with van der Waals surface area (Å²) in [5.41, 5.74) is 13.4. The van der Waals surface area contributed by atoms with Crippen LogP contribution in [0.1, 0.15) is 38.5 Å². The van der Waals surface area contributed by atoms with E-state index in [2.05, 4.69) is 208 Å². The SMILES string of the molecule is CO[P+]1(OCc2ccc(-c3cccs3)s2)n2c3ccc2C(c2ccccc2)=C2C=CC(=N2)C(c2ccccc2)=c2ccc(n21)=C(c1ccccc1)C1=NC(=C3c2ccccc2)C=C1.O=[N+]([O-])[O-]. The van der Waals surface area contributed by atoms with E-state index in [4.69, 9.17) is 34.4 Å². The quantitative estimate of drug-likeness (QED) is 0.0811. The normalized spacial score (nSPS) is 16.7. The van der Waals surface area contributed by atoms with E-state index in [0.29, 0.717) is 6.61 Å². The van der Waals surface area contributed by atoms with Crippen LogP contribution in [0.4, 0.5) is 0 Å². The molecule has 4 aliphatic heterocycles. The lowest BCUT2D eigenvalue weighted by molar-refractivity contribution is -0.402. The molecule has 0 saturated carbocycles. The Kier molecular flexibility index (Phi) is 11.1. The highest BCUT2D eigenvalue weighted by atomic mass is 32.1. The van der Waals surface area contributed by atoms with Gasteiger partial charge in [-0.15, -0.1) is 31.3 Å². The standard InChI is InChI=1S/C54H38N4O2PS2.NO3/c1-59-61(60-35-40-24-33-50(63-40)49-23-14-34-62-49)57-45-29-30-46(57)53(38-19-10-4-11-20-38)43-27-28-44(56-43)54(39-21-12-5-13-22-39)48-32-31-47(58(48)61)52(37-17-8-3-9-18-37)42-26-25-41(55-42)51(45)36-15-6-2-7-16-36;2-1(3)4/h2-34H,35H2,1H3;/q+1;-1. The second-order valence-corrected chi connectivity index (χ2v) is 20.2. The van der Waals surface area contributed by atoms with Crippen LogP contribution in [0.2, 0.25) is 0 Å². The van der Waals surface area contributed by atoms with Crippen molar-refractivity contribution < 1.29 is 14.1 Å². The number of thiophene rings is 2. The fourth-order valence-electron chi connectivity index (χ4n) is 9.14. The number of benzene rings is 4. The summed E-state index contributed by atoms with van der Waals surface area (Å²) in [7, 11) is -1.77. The van der Waals surface area contributed by atoms with Crippen LogP contribution < -0.4 is 10.7 Å². The van der Waals surface area contributed by atoms with E-state index in [1.807, 2.05) is 7.11 Å². The average molecular weight is 932 g/mol. The molecule has 0 saturated heterocycles. The van der Waals surface area contributed by atoms with Crippen molar-refractivity contribution in [3.63, 3.8) is 0 Å². The van der Waals surface area contributed by atoms with Crippen molar-refractivity contribution in [3.8, 4) is 9.75 Å². The minimum Gasteiger partial charge on any atom is -0.356 e. The summed E-state index contributed by atoms with van der Waals surface area (Å²) in [6.07, 6.45) is 8.65. The average Bonchev–Trinajstić information content (AvgIpc) is 4.23. The number of aromatic nitrogens is 2. The van der Waals surface area contributed by atoms with Gasteiger partial charge < -0.3 is 15.3 Å². The molecule has 10 nitrogen and oxygen atoms in total. The molecule has 6 bridgehead atoms. The number of nitrogens with zero attached hydrogens (tertiary/aromatic N) is 5. The lowest BCUT2D eigenvalue weighted by Gasteiger charge is -2.29. The van der Waals surface area contributed by atoms with Crippen LogP contribution >= 0.6 is 30.7 Å². The van der Waals surface area contributed by atoms with Gasteiger partial charge in [0.25, 0.3) is 0 Å². The topological polar surface area (TPSA) is 119 Å². The molecule has 67 heavy (non-hydrogen) atoms. The van der Waals surface area contributed by atoms with E-state index in [1.165, 1.54) is 9.75 Å². The number of hydrogen-bond acceptors (Lipinski definition) is 9. The first-order chi connectivity index (χ1) is 32.9. The molecule has 13 heteroatoms. The highest BCUT2D eigenvalue weighted by Gasteiger charge is 2.54. The second kappa shape index (κ2) is 17.7. The van der Waals surface area contributed by atoms with Crippen molar-refractivity contribution in [2.75, 3.05) is 7.11 Å². The monoisotopic (exact) mass is 931 g/mol. The van der Waals surface area contributed by atoms with Crippen LogP contribution in [0.5, 0.6) is 0 Å². The van der Waals surface area contributed by atoms with Crippen LogP contribution in [0.25, 0.3) is 32.0 Å². The Hall–Kier alpha value is -7.57. The maximum atomic E-state index is 8.25. The molecule has 4 aromatic carbocycles. The van der Waals surface area contributed by atoms with Crippen molar-refractivity contribution in [1.82, 2.24) is 8.68 Å². The molecule has 0 fully saturated rings. The Balaban J connectivity index is 0.00000119. The van der Waals surface area contributed by atoms with Crippen LogP contribution in [-0.2, 0) is 15.7 Å². The smallest absolute Gasteiger partial charge is 0.356 e. The number of aliphatic imine (C=N–C) groups is 2. The molecule has 4 aromatic heterocycles. The molecule has 0 amide bonds. The van der Waals surface area contributed by atoms with Gasteiger partial charge in [-0.25, -0.2) is 9.98 Å². The van der Waals surface area contributed by atoms with Crippen molar-refractivity contribution in [2.45, 2.75) is 6.61 Å². The number of rotatable bonds is 9. The molecule has 12 rings (SSSR count). The van der Waals surface area contributed by atoms with Crippen LogP contribution in [-0.4, -0.2) is 32.3 Å². The molecule has 1 atom stereocenters. The Labute approximate surface area is 394 Å². The molecule has 0 N–H and O–H groups in total. The van der Waals surface area contributed by atoms with E-state index >= 15 is 0 Å². The van der Waals surface area contributed by atoms with E-state index in [0.717, 1.165) is 94.3 Å². The molecule has 326 valence electrons. The Morgan fingerprint density at radius 3 is 1.43 bits per heavy atom. The summed E-state index contributed by atoms with van der Waals surface area (Å²) >= 11 is 3.51. The summed E-state index contributed by atoms with van der Waals surface area (Å²) < 4.78 is 20.0. The predicted octanol–water partition coefficient (Wildman–Crippen LogP) is 11.7. The molecule has 4 aliphatic rings. The lowest BCUT2D eigenvalue weighted by atomic mass is 10.0. The first kappa shape index (κ1) is 42.1.